The van der Waals surface area contributed by atoms with E-state index >= 15 is 0 Å². The first kappa shape index (κ1) is 25.2. The summed E-state index contributed by atoms with van der Waals surface area (Å²) >= 11 is 0. The lowest BCUT2D eigenvalue weighted by Gasteiger charge is -2.39. The van der Waals surface area contributed by atoms with Crippen molar-refractivity contribution in [1.29, 1.82) is 0 Å². The smallest absolute Gasteiger partial charge is 0.317 e. The maximum Gasteiger partial charge on any atom is 0.317 e. The molecule has 1 aliphatic carbocycles. The van der Waals surface area contributed by atoms with Crippen molar-refractivity contribution >= 4 is 11.9 Å². The summed E-state index contributed by atoms with van der Waals surface area (Å²) in [4.78, 5) is 33.0. The zero-order valence-corrected chi connectivity index (χ0v) is 22.5. The zero-order chi connectivity index (χ0) is 26.1. The van der Waals surface area contributed by atoms with E-state index in [0.29, 0.717) is 30.3 Å². The van der Waals surface area contributed by atoms with Gasteiger partial charge in [-0.1, -0.05) is 42.5 Å². The summed E-state index contributed by atoms with van der Waals surface area (Å²) in [6.45, 7) is 5.98. The largest absolute Gasteiger partial charge is 0.497 e. The van der Waals surface area contributed by atoms with Gasteiger partial charge in [-0.2, -0.15) is 0 Å². The monoisotopic (exact) mass is 516 g/mol. The number of urea groups is 1. The highest BCUT2D eigenvalue weighted by molar-refractivity contribution is 5.85. The predicted molar refractivity (Wildman–Crippen MR) is 147 cm³/mol. The lowest BCUT2D eigenvalue weighted by atomic mass is 9.76. The van der Waals surface area contributed by atoms with Crippen LogP contribution in [0.15, 0.2) is 54.6 Å². The summed E-state index contributed by atoms with van der Waals surface area (Å²) in [5.41, 5.74) is 2.28. The Hall–Kier alpha value is -3.06. The minimum Gasteiger partial charge on any atom is -0.497 e. The Kier molecular flexibility index (Phi) is 7.04. The van der Waals surface area contributed by atoms with Crippen molar-refractivity contribution in [2.24, 2.45) is 11.3 Å². The Morgan fingerprint density at radius 3 is 2.37 bits per heavy atom. The van der Waals surface area contributed by atoms with Gasteiger partial charge in [-0.25, -0.2) is 4.79 Å². The van der Waals surface area contributed by atoms with Crippen molar-refractivity contribution in [2.75, 3.05) is 46.4 Å². The molecule has 38 heavy (non-hydrogen) atoms. The standard InChI is InChI=1S/C31H40N4O3/c1-38-27-11-7-23(8-12-27)19-34-18-15-31(29(34)36)13-16-33(17-14-31)20-25-21-35(30(37)32-26-9-10-26)22-28(25)24-5-3-2-4-6-24/h2-8,11-12,25-26,28H,9-10,13-22H2,1H3,(H,32,37)/t25-,28+/m0/s1. The molecule has 2 atom stereocenters. The molecular formula is C31H40N4O3. The first-order valence-electron chi connectivity index (χ1n) is 14.3. The average Bonchev–Trinajstić information content (AvgIpc) is 3.60. The summed E-state index contributed by atoms with van der Waals surface area (Å²) < 4.78 is 5.27. The Morgan fingerprint density at radius 1 is 0.974 bits per heavy atom. The molecule has 3 saturated heterocycles. The number of likely N-dealkylation sites (tertiary alicyclic amines) is 3. The number of hydrogen-bond acceptors (Lipinski definition) is 4. The fourth-order valence-electron chi connectivity index (χ4n) is 6.75. The Bertz CT molecular complexity index is 1130. The second-order valence-electron chi connectivity index (χ2n) is 11.8. The molecule has 4 aliphatic rings. The van der Waals surface area contributed by atoms with Gasteiger partial charge in [0.1, 0.15) is 5.75 Å². The maximum atomic E-state index is 13.5. The fraction of sp³-hybridized carbons (Fsp3) is 0.548. The van der Waals surface area contributed by atoms with E-state index in [4.69, 9.17) is 4.74 Å². The van der Waals surface area contributed by atoms with Crippen LogP contribution < -0.4 is 10.1 Å². The van der Waals surface area contributed by atoms with Gasteiger partial charge in [0.25, 0.3) is 0 Å². The quantitative estimate of drug-likeness (QED) is 0.602. The lowest BCUT2D eigenvalue weighted by molar-refractivity contribution is -0.139. The van der Waals surface area contributed by atoms with Crippen LogP contribution in [-0.2, 0) is 11.3 Å². The van der Waals surface area contributed by atoms with E-state index in [1.807, 2.05) is 17.0 Å². The summed E-state index contributed by atoms with van der Waals surface area (Å²) in [5, 5.41) is 3.18. The van der Waals surface area contributed by atoms with Crippen molar-refractivity contribution in [3.8, 4) is 5.75 Å². The van der Waals surface area contributed by atoms with Crippen LogP contribution in [0.25, 0.3) is 0 Å². The second kappa shape index (κ2) is 10.6. The third-order valence-electron chi connectivity index (χ3n) is 9.30. The molecule has 2 aromatic rings. The number of carbonyl (C=O) groups is 2. The molecule has 7 nitrogen and oxygen atoms in total. The van der Waals surface area contributed by atoms with Crippen molar-refractivity contribution in [3.05, 3.63) is 65.7 Å². The van der Waals surface area contributed by atoms with Gasteiger partial charge in [0.15, 0.2) is 0 Å². The molecule has 0 bridgehead atoms. The fourth-order valence-corrected chi connectivity index (χ4v) is 6.75. The Labute approximate surface area is 226 Å². The van der Waals surface area contributed by atoms with Crippen LogP contribution in [-0.4, -0.2) is 79.1 Å². The molecule has 3 heterocycles. The van der Waals surface area contributed by atoms with Crippen LogP contribution in [0.1, 0.15) is 49.1 Å². The lowest BCUT2D eigenvalue weighted by Crippen LogP contribution is -2.46. The maximum absolute atomic E-state index is 13.5. The third kappa shape index (κ3) is 5.26. The summed E-state index contributed by atoms with van der Waals surface area (Å²) in [7, 11) is 1.67. The van der Waals surface area contributed by atoms with Crippen LogP contribution in [0.5, 0.6) is 5.75 Å². The molecule has 2 aromatic carbocycles. The van der Waals surface area contributed by atoms with E-state index in [9.17, 15) is 9.59 Å². The topological polar surface area (TPSA) is 65.1 Å². The second-order valence-corrected chi connectivity index (χ2v) is 11.8. The number of benzene rings is 2. The van der Waals surface area contributed by atoms with Crippen molar-refractivity contribution < 1.29 is 14.3 Å². The number of nitrogens with zero attached hydrogens (tertiary/aromatic N) is 3. The Balaban J connectivity index is 1.06. The van der Waals surface area contributed by atoms with Gasteiger partial charge in [-0.05, 0) is 74.4 Å². The molecular weight excluding hydrogens is 476 g/mol. The van der Waals surface area contributed by atoms with E-state index in [1.54, 1.807) is 7.11 Å². The summed E-state index contributed by atoms with van der Waals surface area (Å²) in [6, 6.07) is 19.2. The number of carbonyl (C=O) groups excluding carboxylic acids is 2. The first-order chi connectivity index (χ1) is 18.5. The molecule has 3 aliphatic heterocycles. The molecule has 0 radical (unpaired) electrons. The van der Waals surface area contributed by atoms with Gasteiger partial charge < -0.3 is 24.8 Å². The van der Waals surface area contributed by atoms with Crippen molar-refractivity contribution in [3.63, 3.8) is 0 Å². The normalized spacial score (nSPS) is 25.2. The molecule has 4 fully saturated rings. The number of nitrogens with one attached hydrogen (secondary N) is 1. The number of hydrogen-bond donors (Lipinski definition) is 1. The summed E-state index contributed by atoms with van der Waals surface area (Å²) in [6.07, 6.45) is 5.04. The van der Waals surface area contributed by atoms with Crippen LogP contribution in [0.3, 0.4) is 0 Å². The van der Waals surface area contributed by atoms with Gasteiger partial charge in [0, 0.05) is 44.7 Å². The minimum absolute atomic E-state index is 0.0991. The third-order valence-corrected chi connectivity index (χ3v) is 9.30. The van der Waals surface area contributed by atoms with Gasteiger partial charge in [-0.3, -0.25) is 4.79 Å². The van der Waals surface area contributed by atoms with Crippen molar-refractivity contribution in [2.45, 2.75) is 50.6 Å². The van der Waals surface area contributed by atoms with Gasteiger partial charge >= 0.3 is 6.03 Å². The SMILES string of the molecule is COc1ccc(CN2CCC3(CCN(C[C@H]4CN(C(=O)NC5CC5)C[C@@H]4c4ccccc4)CC3)C2=O)cc1. The van der Waals surface area contributed by atoms with Gasteiger partial charge in [0.05, 0.1) is 12.5 Å². The van der Waals surface area contributed by atoms with E-state index in [-0.39, 0.29) is 11.4 Å². The highest BCUT2D eigenvalue weighted by Crippen LogP contribution is 2.43. The number of methoxy groups -OCH3 is 1. The number of piperidine rings is 1. The van der Waals surface area contributed by atoms with Crippen LogP contribution in [0.2, 0.25) is 0 Å². The van der Waals surface area contributed by atoms with Crippen LogP contribution in [0, 0.1) is 11.3 Å². The summed E-state index contributed by atoms with van der Waals surface area (Å²) in [5.74, 6) is 1.93. The number of amides is 3. The predicted octanol–water partition coefficient (Wildman–Crippen LogP) is 4.10. The van der Waals surface area contributed by atoms with Crippen molar-refractivity contribution in [1.82, 2.24) is 20.0 Å². The van der Waals surface area contributed by atoms with E-state index in [0.717, 1.165) is 82.7 Å². The van der Waals surface area contributed by atoms with E-state index in [1.165, 1.54) is 5.56 Å². The molecule has 6 rings (SSSR count). The van der Waals surface area contributed by atoms with Crippen LogP contribution in [0.4, 0.5) is 4.79 Å². The van der Waals surface area contributed by atoms with E-state index < -0.39 is 0 Å². The molecule has 1 N–H and O–H groups in total. The highest BCUT2D eigenvalue weighted by atomic mass is 16.5. The minimum atomic E-state index is -0.201. The molecule has 7 heteroatoms. The van der Waals surface area contributed by atoms with Crippen LogP contribution >= 0.6 is 0 Å². The zero-order valence-electron chi connectivity index (χ0n) is 22.5. The van der Waals surface area contributed by atoms with Gasteiger partial charge in [0.2, 0.25) is 5.91 Å². The molecule has 0 aromatic heterocycles. The molecule has 1 spiro atoms. The average molecular weight is 517 g/mol. The van der Waals surface area contributed by atoms with E-state index in [2.05, 4.69) is 57.6 Å². The molecule has 3 amide bonds. The Morgan fingerprint density at radius 2 is 1.68 bits per heavy atom. The number of ether oxygens (including phenoxy) is 1. The molecule has 202 valence electrons. The molecule has 0 unspecified atom stereocenters. The highest BCUT2D eigenvalue weighted by Gasteiger charge is 2.48. The number of rotatable bonds is 7. The van der Waals surface area contributed by atoms with Gasteiger partial charge in [-0.15, -0.1) is 0 Å². The first-order valence-corrected chi connectivity index (χ1v) is 14.3. The molecule has 1 saturated carbocycles.